The molecule has 1 saturated heterocycles. The molecule has 6 nitrogen and oxygen atoms in total. The van der Waals surface area contributed by atoms with Crippen molar-refractivity contribution in [2.24, 2.45) is 5.92 Å². The Bertz CT molecular complexity index is 576. The normalized spacial score (nSPS) is 15.8. The van der Waals surface area contributed by atoms with Gasteiger partial charge in [-0.25, -0.2) is 9.18 Å². The molecular formula is C17H24FN3O3. The average molecular weight is 337 g/mol. The summed E-state index contributed by atoms with van der Waals surface area (Å²) >= 11 is 0. The fourth-order valence-electron chi connectivity index (χ4n) is 2.42. The van der Waals surface area contributed by atoms with Gasteiger partial charge in [-0.05, 0) is 57.9 Å². The molecule has 0 atom stereocenters. The summed E-state index contributed by atoms with van der Waals surface area (Å²) in [6.07, 6.45) is 0.817. The molecule has 2 amide bonds. The van der Waals surface area contributed by atoms with E-state index in [-0.39, 0.29) is 23.7 Å². The molecule has 1 aliphatic rings. The molecule has 0 aromatic heterocycles. The number of rotatable bonds is 3. The predicted molar refractivity (Wildman–Crippen MR) is 88.7 cm³/mol. The van der Waals surface area contributed by atoms with Crippen molar-refractivity contribution in [1.29, 1.82) is 0 Å². The lowest BCUT2D eigenvalue weighted by atomic mass is 9.96. The highest BCUT2D eigenvalue weighted by Crippen LogP contribution is 2.20. The molecule has 0 saturated carbocycles. The quantitative estimate of drug-likeness (QED) is 0.832. The first-order chi connectivity index (χ1) is 11.2. The minimum absolute atomic E-state index is 0.136. The van der Waals surface area contributed by atoms with Gasteiger partial charge in [-0.2, -0.15) is 0 Å². The molecule has 7 heteroatoms. The van der Waals surface area contributed by atoms with E-state index in [1.165, 1.54) is 12.1 Å². The third-order valence-electron chi connectivity index (χ3n) is 3.69. The van der Waals surface area contributed by atoms with E-state index >= 15 is 0 Å². The van der Waals surface area contributed by atoms with Crippen molar-refractivity contribution in [1.82, 2.24) is 10.3 Å². The van der Waals surface area contributed by atoms with E-state index in [2.05, 4.69) is 10.9 Å². The maximum atomic E-state index is 12.8. The second kappa shape index (κ2) is 7.51. The summed E-state index contributed by atoms with van der Waals surface area (Å²) in [6.45, 7) is 6.46. The number of nitrogens with one attached hydrogen (secondary N) is 2. The van der Waals surface area contributed by atoms with Crippen LogP contribution in [0.25, 0.3) is 0 Å². The lowest BCUT2D eigenvalue weighted by Gasteiger charge is -2.32. The second-order valence-electron chi connectivity index (χ2n) is 6.86. The Kier molecular flexibility index (Phi) is 5.64. The van der Waals surface area contributed by atoms with Gasteiger partial charge < -0.3 is 9.64 Å². The smallest absolute Gasteiger partial charge is 0.410 e. The van der Waals surface area contributed by atoms with Crippen molar-refractivity contribution in [3.63, 3.8) is 0 Å². The van der Waals surface area contributed by atoms with Gasteiger partial charge in [-0.1, -0.05) is 0 Å². The van der Waals surface area contributed by atoms with E-state index in [9.17, 15) is 14.0 Å². The number of nitrogens with zero attached hydrogens (tertiary/aromatic N) is 1. The molecule has 2 N–H and O–H groups in total. The zero-order valence-electron chi connectivity index (χ0n) is 14.3. The van der Waals surface area contributed by atoms with Crippen molar-refractivity contribution in [2.75, 3.05) is 18.5 Å². The molecule has 132 valence electrons. The number of piperidine rings is 1. The third-order valence-corrected chi connectivity index (χ3v) is 3.69. The fraction of sp³-hybridized carbons (Fsp3) is 0.529. The summed E-state index contributed by atoms with van der Waals surface area (Å²) in [5, 5.41) is 0. The Morgan fingerprint density at radius 3 is 2.29 bits per heavy atom. The van der Waals surface area contributed by atoms with Gasteiger partial charge in [0.05, 0.1) is 5.69 Å². The number of likely N-dealkylation sites (tertiary alicyclic amines) is 1. The number of hydrogen-bond donors (Lipinski definition) is 2. The highest BCUT2D eigenvalue weighted by Gasteiger charge is 2.29. The molecule has 1 heterocycles. The molecule has 1 aliphatic heterocycles. The summed E-state index contributed by atoms with van der Waals surface area (Å²) in [5.41, 5.74) is 5.47. The van der Waals surface area contributed by atoms with Crippen molar-refractivity contribution in [2.45, 2.75) is 39.2 Å². The standard InChI is InChI=1S/C17H24FN3O3/c1-17(2,3)24-16(23)21-10-8-12(9-11-21)15(22)20-19-14-6-4-13(18)5-7-14/h4-7,12,19H,8-11H2,1-3H3,(H,20,22). The van der Waals surface area contributed by atoms with E-state index in [0.717, 1.165) is 0 Å². The van der Waals surface area contributed by atoms with E-state index < -0.39 is 5.60 Å². The Morgan fingerprint density at radius 2 is 1.75 bits per heavy atom. The van der Waals surface area contributed by atoms with Crippen LogP contribution in [0.1, 0.15) is 33.6 Å². The minimum atomic E-state index is -0.523. The molecule has 2 rings (SSSR count). The first-order valence-electron chi connectivity index (χ1n) is 8.04. The van der Waals surface area contributed by atoms with Crippen LogP contribution in [0.5, 0.6) is 0 Å². The zero-order chi connectivity index (χ0) is 17.7. The van der Waals surface area contributed by atoms with E-state index in [4.69, 9.17) is 4.74 Å². The summed E-state index contributed by atoms with van der Waals surface area (Å²) in [7, 11) is 0. The van der Waals surface area contributed by atoms with Crippen molar-refractivity contribution in [3.05, 3.63) is 30.1 Å². The summed E-state index contributed by atoms with van der Waals surface area (Å²) < 4.78 is 18.2. The first kappa shape index (κ1) is 18.0. The van der Waals surface area contributed by atoms with Crippen LogP contribution in [0.2, 0.25) is 0 Å². The fourth-order valence-corrected chi connectivity index (χ4v) is 2.42. The summed E-state index contributed by atoms with van der Waals surface area (Å²) in [5.74, 6) is -0.638. The van der Waals surface area contributed by atoms with Gasteiger partial charge in [0, 0.05) is 19.0 Å². The number of hydrazine groups is 1. The topological polar surface area (TPSA) is 70.7 Å². The summed E-state index contributed by atoms with van der Waals surface area (Å²) in [6, 6.07) is 5.71. The molecule has 0 bridgehead atoms. The number of hydrogen-bond acceptors (Lipinski definition) is 4. The van der Waals surface area contributed by atoms with Crippen molar-refractivity contribution >= 4 is 17.7 Å². The number of carbonyl (C=O) groups is 2. The third kappa shape index (κ3) is 5.40. The maximum Gasteiger partial charge on any atom is 0.410 e. The molecule has 0 spiro atoms. The van der Waals surface area contributed by atoms with Crippen LogP contribution in [0.4, 0.5) is 14.9 Å². The van der Waals surface area contributed by atoms with Crippen molar-refractivity contribution in [3.8, 4) is 0 Å². The van der Waals surface area contributed by atoms with Crippen LogP contribution in [-0.4, -0.2) is 35.6 Å². The Morgan fingerprint density at radius 1 is 1.17 bits per heavy atom. The number of ether oxygens (including phenoxy) is 1. The van der Waals surface area contributed by atoms with E-state index in [1.54, 1.807) is 17.0 Å². The van der Waals surface area contributed by atoms with Crippen LogP contribution < -0.4 is 10.9 Å². The first-order valence-corrected chi connectivity index (χ1v) is 8.04. The van der Waals surface area contributed by atoms with Crippen LogP contribution >= 0.6 is 0 Å². The lowest BCUT2D eigenvalue weighted by Crippen LogP contribution is -2.45. The monoisotopic (exact) mass is 337 g/mol. The Labute approximate surface area is 141 Å². The van der Waals surface area contributed by atoms with Gasteiger partial charge in [0.2, 0.25) is 5.91 Å². The zero-order valence-corrected chi connectivity index (χ0v) is 14.3. The van der Waals surface area contributed by atoms with Gasteiger partial charge in [0.1, 0.15) is 11.4 Å². The van der Waals surface area contributed by atoms with Crippen LogP contribution in [0, 0.1) is 11.7 Å². The highest BCUT2D eigenvalue weighted by atomic mass is 19.1. The van der Waals surface area contributed by atoms with E-state index in [0.29, 0.717) is 31.6 Å². The summed E-state index contributed by atoms with van der Waals surface area (Å²) in [4.78, 5) is 25.8. The molecule has 1 aromatic rings. The van der Waals surface area contributed by atoms with Crippen LogP contribution in [-0.2, 0) is 9.53 Å². The second-order valence-corrected chi connectivity index (χ2v) is 6.86. The largest absolute Gasteiger partial charge is 0.444 e. The molecule has 0 radical (unpaired) electrons. The van der Waals surface area contributed by atoms with Crippen LogP contribution in [0.3, 0.4) is 0 Å². The van der Waals surface area contributed by atoms with Gasteiger partial charge >= 0.3 is 6.09 Å². The number of amides is 2. The van der Waals surface area contributed by atoms with Crippen LogP contribution in [0.15, 0.2) is 24.3 Å². The van der Waals surface area contributed by atoms with Crippen molar-refractivity contribution < 1.29 is 18.7 Å². The highest BCUT2D eigenvalue weighted by molar-refractivity contribution is 5.80. The van der Waals surface area contributed by atoms with E-state index in [1.807, 2.05) is 20.8 Å². The lowest BCUT2D eigenvalue weighted by molar-refractivity contribution is -0.125. The number of carbonyl (C=O) groups excluding carboxylic acids is 2. The maximum absolute atomic E-state index is 12.8. The molecular weight excluding hydrogens is 313 g/mol. The van der Waals surface area contributed by atoms with Gasteiger partial charge in [0.25, 0.3) is 0 Å². The molecule has 24 heavy (non-hydrogen) atoms. The van der Waals surface area contributed by atoms with Gasteiger partial charge in [0.15, 0.2) is 0 Å². The SMILES string of the molecule is CC(C)(C)OC(=O)N1CCC(C(=O)NNc2ccc(F)cc2)CC1. The minimum Gasteiger partial charge on any atom is -0.444 e. The molecule has 0 aliphatic carbocycles. The average Bonchev–Trinajstić information content (AvgIpc) is 2.52. The predicted octanol–water partition coefficient (Wildman–Crippen LogP) is 2.92. The Balaban J connectivity index is 1.76. The molecule has 1 fully saturated rings. The number of halogens is 1. The molecule has 0 unspecified atom stereocenters. The number of benzene rings is 1. The van der Waals surface area contributed by atoms with Gasteiger partial charge in [-0.15, -0.1) is 0 Å². The Hall–Kier alpha value is -2.31. The van der Waals surface area contributed by atoms with Gasteiger partial charge in [-0.3, -0.25) is 15.6 Å². The molecule has 1 aromatic carbocycles. The number of anilines is 1.